The van der Waals surface area contributed by atoms with E-state index in [4.69, 9.17) is 4.74 Å². The standard InChI is InChI=1S/C19H28N2O4/c1-18(2,3)25-17(24)20-19(12-16(22)23)10-7-11-21(14-19)13-15-8-5-4-6-9-15/h4-6,8-9H,7,10-14H2,1-3H3,(H,20,24)(H,22,23)/t19-/m0/s1. The Labute approximate surface area is 149 Å². The number of carbonyl (C=O) groups excluding carboxylic acids is 1. The van der Waals surface area contributed by atoms with Crippen molar-refractivity contribution in [3.63, 3.8) is 0 Å². The second kappa shape index (κ2) is 7.87. The molecule has 1 aliphatic rings. The van der Waals surface area contributed by atoms with Crippen LogP contribution in [0.5, 0.6) is 0 Å². The Kier molecular flexibility index (Phi) is 6.06. The number of amides is 1. The molecular weight excluding hydrogens is 320 g/mol. The lowest BCUT2D eigenvalue weighted by atomic mass is 9.85. The minimum Gasteiger partial charge on any atom is -0.481 e. The highest BCUT2D eigenvalue weighted by Crippen LogP contribution is 2.26. The predicted octanol–water partition coefficient (Wildman–Crippen LogP) is 3.02. The van der Waals surface area contributed by atoms with Gasteiger partial charge in [0.25, 0.3) is 0 Å². The summed E-state index contributed by atoms with van der Waals surface area (Å²) in [7, 11) is 0. The molecule has 0 spiro atoms. The molecule has 1 aliphatic heterocycles. The third-order valence-corrected chi connectivity index (χ3v) is 4.16. The summed E-state index contributed by atoms with van der Waals surface area (Å²) in [5.74, 6) is -0.919. The summed E-state index contributed by atoms with van der Waals surface area (Å²) in [6, 6.07) is 10.0. The molecule has 2 N–H and O–H groups in total. The molecule has 6 nitrogen and oxygen atoms in total. The fourth-order valence-electron chi connectivity index (χ4n) is 3.30. The number of carboxylic acid groups (broad SMARTS) is 1. The summed E-state index contributed by atoms with van der Waals surface area (Å²) >= 11 is 0. The lowest BCUT2D eigenvalue weighted by Crippen LogP contribution is -2.60. The first-order chi connectivity index (χ1) is 11.7. The van der Waals surface area contributed by atoms with Crippen molar-refractivity contribution in [3.05, 3.63) is 35.9 Å². The number of aliphatic carboxylic acids is 1. The van der Waals surface area contributed by atoms with Gasteiger partial charge >= 0.3 is 12.1 Å². The van der Waals surface area contributed by atoms with Crippen LogP contribution in [0.4, 0.5) is 4.79 Å². The number of ether oxygens (including phenoxy) is 1. The molecule has 0 aromatic heterocycles. The van der Waals surface area contributed by atoms with Crippen LogP contribution in [0.25, 0.3) is 0 Å². The van der Waals surface area contributed by atoms with E-state index in [0.717, 1.165) is 19.5 Å². The molecule has 1 amide bonds. The van der Waals surface area contributed by atoms with Gasteiger partial charge in [-0.15, -0.1) is 0 Å². The van der Waals surface area contributed by atoms with Crippen molar-refractivity contribution in [2.75, 3.05) is 13.1 Å². The summed E-state index contributed by atoms with van der Waals surface area (Å²) in [5.41, 5.74) is -0.250. The van der Waals surface area contributed by atoms with Gasteiger partial charge in [-0.25, -0.2) is 4.79 Å². The lowest BCUT2D eigenvalue weighted by Gasteiger charge is -2.42. The van der Waals surface area contributed by atoms with E-state index < -0.39 is 23.2 Å². The number of benzene rings is 1. The van der Waals surface area contributed by atoms with Crippen molar-refractivity contribution in [1.82, 2.24) is 10.2 Å². The average molecular weight is 348 g/mol. The number of likely N-dealkylation sites (tertiary alicyclic amines) is 1. The highest BCUT2D eigenvalue weighted by atomic mass is 16.6. The summed E-state index contributed by atoms with van der Waals surface area (Å²) in [5, 5.41) is 12.2. The zero-order valence-electron chi connectivity index (χ0n) is 15.2. The van der Waals surface area contributed by atoms with Crippen LogP contribution in [0.3, 0.4) is 0 Å². The SMILES string of the molecule is CC(C)(C)OC(=O)N[C@]1(CC(=O)O)CCCN(Cc2ccccc2)C1. The minimum absolute atomic E-state index is 0.114. The number of hydrogen-bond donors (Lipinski definition) is 2. The Morgan fingerprint density at radius 2 is 1.96 bits per heavy atom. The van der Waals surface area contributed by atoms with Crippen LogP contribution in [0.1, 0.15) is 45.6 Å². The van der Waals surface area contributed by atoms with E-state index in [0.29, 0.717) is 13.0 Å². The molecule has 138 valence electrons. The van der Waals surface area contributed by atoms with Crippen LogP contribution in [0.15, 0.2) is 30.3 Å². The van der Waals surface area contributed by atoms with Gasteiger partial charge in [0.2, 0.25) is 0 Å². The summed E-state index contributed by atoms with van der Waals surface area (Å²) < 4.78 is 5.34. The van der Waals surface area contributed by atoms with Crippen LogP contribution in [0.2, 0.25) is 0 Å². The summed E-state index contributed by atoms with van der Waals surface area (Å²) in [4.78, 5) is 25.8. The molecule has 0 unspecified atom stereocenters. The smallest absolute Gasteiger partial charge is 0.408 e. The molecule has 0 bridgehead atoms. The molecule has 1 aromatic carbocycles. The molecule has 1 saturated heterocycles. The zero-order valence-corrected chi connectivity index (χ0v) is 15.2. The first kappa shape index (κ1) is 19.2. The topological polar surface area (TPSA) is 78.9 Å². The summed E-state index contributed by atoms with van der Waals surface area (Å²) in [6.07, 6.45) is 0.785. The molecule has 2 rings (SSSR count). The Morgan fingerprint density at radius 3 is 2.56 bits per heavy atom. The maximum atomic E-state index is 12.2. The highest BCUT2D eigenvalue weighted by Gasteiger charge is 2.39. The Morgan fingerprint density at radius 1 is 1.28 bits per heavy atom. The van der Waals surface area contributed by atoms with E-state index in [2.05, 4.69) is 22.3 Å². The van der Waals surface area contributed by atoms with Gasteiger partial charge in [0.15, 0.2) is 0 Å². The largest absolute Gasteiger partial charge is 0.481 e. The van der Waals surface area contributed by atoms with Crippen LogP contribution >= 0.6 is 0 Å². The number of alkyl carbamates (subject to hydrolysis) is 1. The first-order valence-electron chi connectivity index (χ1n) is 8.67. The monoisotopic (exact) mass is 348 g/mol. The number of hydrogen-bond acceptors (Lipinski definition) is 4. The van der Waals surface area contributed by atoms with E-state index in [1.165, 1.54) is 5.56 Å². The molecule has 25 heavy (non-hydrogen) atoms. The third-order valence-electron chi connectivity index (χ3n) is 4.16. The summed E-state index contributed by atoms with van der Waals surface area (Å²) in [6.45, 7) is 7.48. The van der Waals surface area contributed by atoms with Crippen molar-refractivity contribution in [2.24, 2.45) is 0 Å². The van der Waals surface area contributed by atoms with Crippen LogP contribution in [-0.2, 0) is 16.1 Å². The number of nitrogens with one attached hydrogen (secondary N) is 1. The number of carbonyl (C=O) groups is 2. The van der Waals surface area contributed by atoms with Crippen molar-refractivity contribution >= 4 is 12.1 Å². The average Bonchev–Trinajstić information content (AvgIpc) is 2.45. The van der Waals surface area contributed by atoms with E-state index in [1.807, 2.05) is 18.2 Å². The van der Waals surface area contributed by atoms with E-state index in [9.17, 15) is 14.7 Å². The number of carboxylic acids is 1. The van der Waals surface area contributed by atoms with Crippen molar-refractivity contribution in [3.8, 4) is 0 Å². The zero-order chi connectivity index (χ0) is 18.5. The first-order valence-corrected chi connectivity index (χ1v) is 8.67. The van der Waals surface area contributed by atoms with Gasteiger partial charge in [-0.05, 0) is 45.7 Å². The molecule has 0 saturated carbocycles. The molecule has 6 heteroatoms. The van der Waals surface area contributed by atoms with Crippen molar-refractivity contribution < 1.29 is 19.4 Å². The number of rotatable bonds is 5. The van der Waals surface area contributed by atoms with Crippen LogP contribution in [-0.4, -0.2) is 46.3 Å². The maximum Gasteiger partial charge on any atom is 0.408 e. The lowest BCUT2D eigenvalue weighted by molar-refractivity contribution is -0.139. The molecule has 0 aliphatic carbocycles. The molecule has 1 fully saturated rings. The normalized spacial score (nSPS) is 21.6. The predicted molar refractivity (Wildman–Crippen MR) is 95.3 cm³/mol. The van der Waals surface area contributed by atoms with Crippen LogP contribution in [0, 0.1) is 0 Å². The fourth-order valence-corrected chi connectivity index (χ4v) is 3.30. The Hall–Kier alpha value is -2.08. The fraction of sp³-hybridized carbons (Fsp3) is 0.579. The van der Waals surface area contributed by atoms with Gasteiger partial charge in [0.05, 0.1) is 12.0 Å². The van der Waals surface area contributed by atoms with Gasteiger partial charge in [0, 0.05) is 13.1 Å². The molecular formula is C19H28N2O4. The molecule has 1 heterocycles. The minimum atomic E-state index is -0.919. The second-order valence-corrected chi connectivity index (χ2v) is 7.78. The molecule has 1 aromatic rings. The quantitative estimate of drug-likeness (QED) is 0.855. The van der Waals surface area contributed by atoms with Gasteiger partial charge in [-0.2, -0.15) is 0 Å². The van der Waals surface area contributed by atoms with E-state index in [-0.39, 0.29) is 6.42 Å². The number of piperidine rings is 1. The third kappa shape index (κ3) is 6.38. The van der Waals surface area contributed by atoms with Gasteiger partial charge in [0.1, 0.15) is 5.60 Å². The van der Waals surface area contributed by atoms with Gasteiger partial charge in [-0.1, -0.05) is 30.3 Å². The Bertz CT molecular complexity index is 597. The maximum absolute atomic E-state index is 12.2. The molecule has 0 radical (unpaired) electrons. The van der Waals surface area contributed by atoms with E-state index >= 15 is 0 Å². The van der Waals surface area contributed by atoms with Gasteiger partial charge < -0.3 is 15.2 Å². The second-order valence-electron chi connectivity index (χ2n) is 7.78. The molecule has 1 atom stereocenters. The van der Waals surface area contributed by atoms with Crippen LogP contribution < -0.4 is 5.32 Å². The van der Waals surface area contributed by atoms with Gasteiger partial charge in [-0.3, -0.25) is 9.69 Å². The van der Waals surface area contributed by atoms with Crippen molar-refractivity contribution in [1.29, 1.82) is 0 Å². The highest BCUT2D eigenvalue weighted by molar-refractivity contribution is 5.73. The number of nitrogens with zero attached hydrogens (tertiary/aromatic N) is 1. The Balaban J connectivity index is 2.09. The van der Waals surface area contributed by atoms with E-state index in [1.54, 1.807) is 20.8 Å². The van der Waals surface area contributed by atoms with Crippen molar-refractivity contribution in [2.45, 2.75) is 57.7 Å².